The van der Waals surface area contributed by atoms with Gasteiger partial charge in [-0.2, -0.15) is 24.5 Å². The SMILES string of the molecule is CCCNC(c1ccsc1)c1ccc(C(F)(F)F)c(F)c1. The van der Waals surface area contributed by atoms with Gasteiger partial charge in [0.25, 0.3) is 0 Å². The number of alkyl halides is 3. The van der Waals surface area contributed by atoms with Crippen LogP contribution in [0.5, 0.6) is 0 Å². The Bertz CT molecular complexity index is 578. The normalized spacial score (nSPS) is 13.4. The van der Waals surface area contributed by atoms with Gasteiger partial charge in [-0.1, -0.05) is 13.0 Å². The highest BCUT2D eigenvalue weighted by Gasteiger charge is 2.34. The standard InChI is InChI=1S/C15H15F4NS/c1-2-6-20-14(11-5-7-21-9-11)10-3-4-12(13(16)8-10)15(17,18)19/h3-5,7-9,14,20H,2,6H2,1H3. The summed E-state index contributed by atoms with van der Waals surface area (Å²) in [4.78, 5) is 0. The van der Waals surface area contributed by atoms with Gasteiger partial charge in [-0.15, -0.1) is 0 Å². The van der Waals surface area contributed by atoms with Crippen LogP contribution in [0.4, 0.5) is 17.6 Å². The van der Waals surface area contributed by atoms with Gasteiger partial charge in [0, 0.05) is 0 Å². The Morgan fingerprint density at radius 3 is 2.48 bits per heavy atom. The van der Waals surface area contributed by atoms with Gasteiger partial charge in [0.05, 0.1) is 11.6 Å². The molecule has 0 aliphatic rings. The van der Waals surface area contributed by atoms with Crippen molar-refractivity contribution >= 4 is 11.3 Å². The number of halogens is 4. The van der Waals surface area contributed by atoms with Crippen LogP contribution in [0.25, 0.3) is 0 Å². The molecule has 114 valence electrons. The van der Waals surface area contributed by atoms with Gasteiger partial charge < -0.3 is 5.32 Å². The third-order valence-corrected chi connectivity index (χ3v) is 3.81. The Labute approximate surface area is 124 Å². The summed E-state index contributed by atoms with van der Waals surface area (Å²) in [6.45, 7) is 2.69. The number of hydrogen-bond donors (Lipinski definition) is 1. The molecule has 0 bridgehead atoms. The van der Waals surface area contributed by atoms with E-state index in [9.17, 15) is 17.6 Å². The van der Waals surface area contributed by atoms with Crippen molar-refractivity contribution in [2.24, 2.45) is 0 Å². The highest BCUT2D eigenvalue weighted by molar-refractivity contribution is 7.08. The van der Waals surface area contributed by atoms with E-state index in [1.807, 2.05) is 23.8 Å². The molecule has 1 aromatic carbocycles. The molecule has 1 unspecified atom stereocenters. The van der Waals surface area contributed by atoms with Crippen LogP contribution in [-0.4, -0.2) is 6.54 Å². The van der Waals surface area contributed by atoms with Crippen molar-refractivity contribution in [2.45, 2.75) is 25.6 Å². The zero-order chi connectivity index (χ0) is 15.5. The lowest BCUT2D eigenvalue weighted by Crippen LogP contribution is -2.23. The summed E-state index contributed by atoms with van der Waals surface area (Å²) < 4.78 is 51.5. The van der Waals surface area contributed by atoms with Gasteiger partial charge >= 0.3 is 6.18 Å². The minimum atomic E-state index is -4.67. The van der Waals surface area contributed by atoms with E-state index in [2.05, 4.69) is 5.32 Å². The molecule has 0 radical (unpaired) electrons. The predicted molar refractivity (Wildman–Crippen MR) is 75.9 cm³/mol. The molecule has 0 saturated heterocycles. The van der Waals surface area contributed by atoms with Crippen LogP contribution in [0, 0.1) is 5.82 Å². The van der Waals surface area contributed by atoms with Crippen LogP contribution >= 0.6 is 11.3 Å². The number of thiophene rings is 1. The Morgan fingerprint density at radius 2 is 1.95 bits per heavy atom. The molecule has 0 amide bonds. The maximum atomic E-state index is 13.7. The van der Waals surface area contributed by atoms with Crippen LogP contribution in [0.3, 0.4) is 0 Å². The first-order chi connectivity index (χ1) is 9.93. The summed E-state index contributed by atoms with van der Waals surface area (Å²) >= 11 is 1.49. The van der Waals surface area contributed by atoms with Crippen molar-refractivity contribution in [1.29, 1.82) is 0 Å². The molecule has 0 spiro atoms. The van der Waals surface area contributed by atoms with Crippen LogP contribution < -0.4 is 5.32 Å². The summed E-state index contributed by atoms with van der Waals surface area (Å²) in [6.07, 6.45) is -3.79. The smallest absolute Gasteiger partial charge is 0.306 e. The second-order valence-electron chi connectivity index (χ2n) is 4.68. The van der Waals surface area contributed by atoms with Gasteiger partial charge in [0.2, 0.25) is 0 Å². The molecule has 21 heavy (non-hydrogen) atoms. The predicted octanol–water partition coefficient (Wildman–Crippen LogP) is 5.00. The molecule has 1 atom stereocenters. The molecule has 2 aromatic rings. The topological polar surface area (TPSA) is 12.0 Å². The maximum absolute atomic E-state index is 13.7. The average Bonchev–Trinajstić information content (AvgIpc) is 2.91. The van der Waals surface area contributed by atoms with E-state index in [1.165, 1.54) is 17.4 Å². The molecular weight excluding hydrogens is 302 g/mol. The molecule has 1 nitrogen and oxygen atoms in total. The van der Waals surface area contributed by atoms with Crippen molar-refractivity contribution in [3.63, 3.8) is 0 Å². The van der Waals surface area contributed by atoms with E-state index in [-0.39, 0.29) is 6.04 Å². The van der Waals surface area contributed by atoms with E-state index in [0.29, 0.717) is 12.1 Å². The molecule has 0 fully saturated rings. The first kappa shape index (κ1) is 16.0. The van der Waals surface area contributed by atoms with Crippen molar-refractivity contribution in [2.75, 3.05) is 6.54 Å². The first-order valence-corrected chi connectivity index (χ1v) is 7.50. The van der Waals surface area contributed by atoms with Gasteiger partial charge in [-0.25, -0.2) is 4.39 Å². The Balaban J connectivity index is 2.35. The molecule has 0 aliphatic heterocycles. The highest BCUT2D eigenvalue weighted by Crippen LogP contribution is 2.33. The zero-order valence-corrected chi connectivity index (χ0v) is 12.2. The van der Waals surface area contributed by atoms with Gasteiger partial charge in [0.15, 0.2) is 0 Å². The highest BCUT2D eigenvalue weighted by atomic mass is 32.1. The summed E-state index contributed by atoms with van der Waals surface area (Å²) in [5.74, 6) is -1.24. The lowest BCUT2D eigenvalue weighted by Gasteiger charge is -2.19. The van der Waals surface area contributed by atoms with Crippen molar-refractivity contribution < 1.29 is 17.6 Å². The van der Waals surface area contributed by atoms with E-state index < -0.39 is 17.6 Å². The molecule has 0 aliphatic carbocycles. The monoisotopic (exact) mass is 317 g/mol. The minimum Gasteiger partial charge on any atom is -0.306 e. The Hall–Kier alpha value is -1.40. The third kappa shape index (κ3) is 3.83. The molecular formula is C15H15F4NS. The van der Waals surface area contributed by atoms with Crippen LogP contribution in [0.1, 0.15) is 36.1 Å². The summed E-state index contributed by atoms with van der Waals surface area (Å²) in [5.41, 5.74) is 0.186. The van der Waals surface area contributed by atoms with Crippen molar-refractivity contribution in [3.05, 3.63) is 57.5 Å². The fourth-order valence-corrected chi connectivity index (χ4v) is 2.78. The van der Waals surface area contributed by atoms with Gasteiger partial charge in [-0.3, -0.25) is 0 Å². The zero-order valence-electron chi connectivity index (χ0n) is 11.4. The fraction of sp³-hybridized carbons (Fsp3) is 0.333. The number of hydrogen-bond acceptors (Lipinski definition) is 2. The fourth-order valence-electron chi connectivity index (χ4n) is 2.10. The molecule has 0 saturated carbocycles. The molecule has 1 heterocycles. The lowest BCUT2D eigenvalue weighted by molar-refractivity contribution is -0.140. The van der Waals surface area contributed by atoms with E-state index >= 15 is 0 Å². The summed E-state index contributed by atoms with van der Waals surface area (Å²) in [5, 5.41) is 7.02. The van der Waals surface area contributed by atoms with E-state index in [0.717, 1.165) is 24.1 Å². The third-order valence-electron chi connectivity index (χ3n) is 3.11. The van der Waals surface area contributed by atoms with Gasteiger partial charge in [-0.05, 0) is 53.1 Å². The van der Waals surface area contributed by atoms with Crippen LogP contribution in [-0.2, 0) is 6.18 Å². The second-order valence-corrected chi connectivity index (χ2v) is 5.46. The van der Waals surface area contributed by atoms with E-state index in [4.69, 9.17) is 0 Å². The first-order valence-electron chi connectivity index (χ1n) is 6.55. The van der Waals surface area contributed by atoms with Gasteiger partial charge in [0.1, 0.15) is 5.82 Å². The summed E-state index contributed by atoms with van der Waals surface area (Å²) in [6, 6.07) is 4.68. The maximum Gasteiger partial charge on any atom is 0.419 e. The number of benzene rings is 1. The molecule has 6 heteroatoms. The van der Waals surface area contributed by atoms with Crippen molar-refractivity contribution in [3.8, 4) is 0 Å². The van der Waals surface area contributed by atoms with Crippen molar-refractivity contribution in [1.82, 2.24) is 5.32 Å². The Kier molecular flexibility index (Phi) is 5.00. The quantitative estimate of drug-likeness (QED) is 0.766. The lowest BCUT2D eigenvalue weighted by atomic mass is 9.99. The minimum absolute atomic E-state index is 0.298. The molecule has 1 N–H and O–H groups in total. The largest absolute Gasteiger partial charge is 0.419 e. The average molecular weight is 317 g/mol. The number of rotatable bonds is 5. The summed E-state index contributed by atoms with van der Waals surface area (Å²) in [7, 11) is 0. The molecule has 1 aromatic heterocycles. The van der Waals surface area contributed by atoms with E-state index in [1.54, 1.807) is 0 Å². The molecule has 2 rings (SSSR count). The van der Waals surface area contributed by atoms with Crippen LogP contribution in [0.2, 0.25) is 0 Å². The number of nitrogens with one attached hydrogen (secondary N) is 1. The van der Waals surface area contributed by atoms with Crippen LogP contribution in [0.15, 0.2) is 35.0 Å². The Morgan fingerprint density at radius 1 is 1.19 bits per heavy atom. The second kappa shape index (κ2) is 6.58.